The molecule has 3 nitrogen and oxygen atoms in total. The van der Waals surface area contributed by atoms with Crippen molar-refractivity contribution < 1.29 is 33.7 Å². The summed E-state index contributed by atoms with van der Waals surface area (Å²) >= 11 is 0. The minimum atomic E-state index is -0.472. The van der Waals surface area contributed by atoms with E-state index in [1.807, 2.05) is 17.7 Å². The molecule has 0 fully saturated rings. The first-order chi connectivity index (χ1) is 12.7. The highest BCUT2D eigenvalue weighted by molar-refractivity contribution is 5.13. The monoisotopic (exact) mass is 484 g/mol. The van der Waals surface area contributed by atoms with Crippen molar-refractivity contribution >= 4 is 0 Å². The molecule has 4 heteroatoms. The van der Waals surface area contributed by atoms with Crippen LogP contribution < -0.4 is 28.5 Å². The summed E-state index contributed by atoms with van der Waals surface area (Å²) in [6.07, 6.45) is 16.7. The average Bonchev–Trinajstić information content (AvgIpc) is 3.04. The molecule has 1 aromatic carbocycles. The van der Waals surface area contributed by atoms with E-state index in [1.165, 1.54) is 69.2 Å². The molecule has 2 rings (SSSR count). The standard InChI is InChI=1S/C23H37N2O.HI/c1-3-4-5-6-7-8-9-10-14-17-23-24(18-19-25(23)21(2)26)20-22-15-12-11-13-16-22;/h11-13,15-16,18-19,21,26H,3-10,14,17,20H2,1-2H3;1H/q+1;/p-1. The molecule has 0 saturated carbocycles. The number of halogens is 1. The van der Waals surface area contributed by atoms with Crippen molar-refractivity contribution in [1.82, 2.24) is 4.57 Å². The Kier molecular flexibility index (Phi) is 12.7. The Morgan fingerprint density at radius 3 is 2.11 bits per heavy atom. The molecule has 0 bridgehead atoms. The largest absolute Gasteiger partial charge is 1.00 e. The lowest BCUT2D eigenvalue weighted by Crippen LogP contribution is -3.00. The van der Waals surface area contributed by atoms with Crippen LogP contribution >= 0.6 is 0 Å². The number of hydrogen-bond acceptors (Lipinski definition) is 1. The summed E-state index contributed by atoms with van der Waals surface area (Å²) in [4.78, 5) is 0. The minimum Gasteiger partial charge on any atom is -1.00 e. The van der Waals surface area contributed by atoms with E-state index in [4.69, 9.17) is 0 Å². The molecular weight excluding hydrogens is 447 g/mol. The fraction of sp³-hybridized carbons (Fsp3) is 0.609. The number of nitrogens with zero attached hydrogens (tertiary/aromatic N) is 2. The highest BCUT2D eigenvalue weighted by Gasteiger charge is 2.19. The van der Waals surface area contributed by atoms with Gasteiger partial charge in [-0.2, -0.15) is 0 Å². The van der Waals surface area contributed by atoms with Crippen molar-refractivity contribution in [2.45, 2.75) is 90.8 Å². The number of imidazole rings is 1. The third kappa shape index (κ3) is 8.77. The zero-order valence-electron chi connectivity index (χ0n) is 17.1. The van der Waals surface area contributed by atoms with Crippen molar-refractivity contribution in [3.05, 3.63) is 54.1 Å². The molecule has 0 radical (unpaired) electrons. The van der Waals surface area contributed by atoms with Crippen molar-refractivity contribution in [1.29, 1.82) is 0 Å². The van der Waals surface area contributed by atoms with Crippen LogP contribution in [0.25, 0.3) is 0 Å². The van der Waals surface area contributed by atoms with Crippen LogP contribution in [-0.4, -0.2) is 9.67 Å². The highest BCUT2D eigenvalue weighted by atomic mass is 127. The van der Waals surface area contributed by atoms with Crippen molar-refractivity contribution in [3.8, 4) is 0 Å². The van der Waals surface area contributed by atoms with Crippen LogP contribution in [-0.2, 0) is 13.0 Å². The maximum atomic E-state index is 10.1. The molecule has 0 aliphatic carbocycles. The Labute approximate surface area is 182 Å². The number of aliphatic hydroxyl groups excluding tert-OH is 1. The van der Waals surface area contributed by atoms with Gasteiger partial charge in [-0.3, -0.25) is 0 Å². The molecule has 0 aliphatic heterocycles. The summed E-state index contributed by atoms with van der Waals surface area (Å²) in [5.74, 6) is 1.23. The first kappa shape index (κ1) is 24.2. The van der Waals surface area contributed by atoms with Crippen LogP contribution in [0.5, 0.6) is 0 Å². The lowest BCUT2D eigenvalue weighted by atomic mass is 10.1. The molecule has 1 heterocycles. The second-order valence-electron chi connectivity index (χ2n) is 7.45. The van der Waals surface area contributed by atoms with Gasteiger partial charge in [0.15, 0.2) is 6.23 Å². The number of benzene rings is 1. The molecular formula is C23H37IN2O. The molecule has 0 amide bonds. The number of aliphatic hydroxyl groups is 1. The van der Waals surface area contributed by atoms with Gasteiger partial charge in [0, 0.05) is 13.3 Å². The Hall–Kier alpha value is -0.880. The van der Waals surface area contributed by atoms with Gasteiger partial charge in [-0.05, 0) is 12.0 Å². The van der Waals surface area contributed by atoms with Gasteiger partial charge in [-0.25, -0.2) is 9.13 Å². The normalized spacial score (nSPS) is 12.0. The molecule has 1 aromatic heterocycles. The van der Waals surface area contributed by atoms with Crippen molar-refractivity contribution in [3.63, 3.8) is 0 Å². The number of rotatable bonds is 13. The summed E-state index contributed by atoms with van der Waals surface area (Å²) in [5.41, 5.74) is 1.30. The van der Waals surface area contributed by atoms with E-state index < -0.39 is 6.23 Å². The van der Waals surface area contributed by atoms with Crippen LogP contribution in [0.2, 0.25) is 0 Å². The maximum absolute atomic E-state index is 10.1. The molecule has 0 spiro atoms. The van der Waals surface area contributed by atoms with E-state index in [2.05, 4.69) is 48.0 Å². The fourth-order valence-electron chi connectivity index (χ4n) is 3.60. The highest BCUT2D eigenvalue weighted by Crippen LogP contribution is 2.13. The number of aromatic nitrogens is 2. The van der Waals surface area contributed by atoms with Crippen molar-refractivity contribution in [2.75, 3.05) is 0 Å². The SMILES string of the molecule is CCCCCCCCCCCc1n(C(C)O)cc[n+]1Cc1ccccc1.[I-]. The average molecular weight is 484 g/mol. The van der Waals surface area contributed by atoms with Crippen LogP contribution in [0.1, 0.15) is 89.3 Å². The summed E-state index contributed by atoms with van der Waals surface area (Å²) in [6, 6.07) is 10.5. The third-order valence-electron chi connectivity index (χ3n) is 5.14. The lowest BCUT2D eigenvalue weighted by Gasteiger charge is -2.08. The second-order valence-corrected chi connectivity index (χ2v) is 7.45. The Morgan fingerprint density at radius 2 is 1.52 bits per heavy atom. The minimum absolute atomic E-state index is 0. The molecule has 0 aliphatic rings. The molecule has 1 N–H and O–H groups in total. The second kappa shape index (κ2) is 14.2. The van der Waals surface area contributed by atoms with Crippen LogP contribution in [0.3, 0.4) is 0 Å². The van der Waals surface area contributed by atoms with Gasteiger partial charge in [-0.15, -0.1) is 0 Å². The van der Waals surface area contributed by atoms with E-state index in [9.17, 15) is 5.11 Å². The van der Waals surface area contributed by atoms with Crippen LogP contribution in [0.4, 0.5) is 0 Å². The van der Waals surface area contributed by atoms with Gasteiger partial charge >= 0.3 is 0 Å². The Bertz CT molecular complexity index is 610. The lowest BCUT2D eigenvalue weighted by molar-refractivity contribution is -0.695. The number of unbranched alkanes of at least 4 members (excludes halogenated alkanes) is 8. The zero-order valence-corrected chi connectivity index (χ0v) is 19.3. The molecule has 1 atom stereocenters. The Morgan fingerprint density at radius 1 is 0.926 bits per heavy atom. The third-order valence-corrected chi connectivity index (χ3v) is 5.14. The van der Waals surface area contributed by atoms with Gasteiger partial charge in [0.05, 0.1) is 0 Å². The van der Waals surface area contributed by atoms with Gasteiger partial charge in [0.2, 0.25) is 0 Å². The first-order valence-electron chi connectivity index (χ1n) is 10.5. The van der Waals surface area contributed by atoms with E-state index in [1.54, 1.807) is 0 Å². The number of hydrogen-bond donors (Lipinski definition) is 1. The summed E-state index contributed by atoms with van der Waals surface area (Å²) < 4.78 is 4.29. The van der Waals surface area contributed by atoms with Gasteiger partial charge < -0.3 is 29.1 Å². The van der Waals surface area contributed by atoms with E-state index in [0.29, 0.717) is 0 Å². The van der Waals surface area contributed by atoms with Gasteiger partial charge in [-0.1, -0.05) is 88.6 Å². The van der Waals surface area contributed by atoms with E-state index in [0.717, 1.165) is 13.0 Å². The predicted molar refractivity (Wildman–Crippen MR) is 108 cm³/mol. The molecule has 1 unspecified atom stereocenters. The smallest absolute Gasteiger partial charge is 0.258 e. The van der Waals surface area contributed by atoms with E-state index in [-0.39, 0.29) is 24.0 Å². The topological polar surface area (TPSA) is 29.0 Å². The van der Waals surface area contributed by atoms with Crippen LogP contribution in [0, 0.1) is 0 Å². The van der Waals surface area contributed by atoms with Crippen LogP contribution in [0.15, 0.2) is 42.7 Å². The quantitative estimate of drug-likeness (QED) is 0.264. The molecule has 2 aromatic rings. The van der Waals surface area contributed by atoms with Gasteiger partial charge in [0.1, 0.15) is 18.9 Å². The molecule has 152 valence electrons. The fourth-order valence-corrected chi connectivity index (χ4v) is 3.60. The van der Waals surface area contributed by atoms with Gasteiger partial charge in [0.25, 0.3) is 5.82 Å². The maximum Gasteiger partial charge on any atom is 0.258 e. The zero-order chi connectivity index (χ0) is 18.6. The summed E-state index contributed by atoms with van der Waals surface area (Å²) in [7, 11) is 0. The molecule has 0 saturated heterocycles. The first-order valence-corrected chi connectivity index (χ1v) is 10.5. The Balaban J connectivity index is 0.00000364. The predicted octanol–water partition coefficient (Wildman–Crippen LogP) is 2.41. The molecule has 27 heavy (non-hydrogen) atoms. The summed E-state index contributed by atoms with van der Waals surface area (Å²) in [5, 5.41) is 10.1. The summed E-state index contributed by atoms with van der Waals surface area (Å²) in [6.45, 7) is 4.98. The van der Waals surface area contributed by atoms with E-state index >= 15 is 0 Å². The van der Waals surface area contributed by atoms with Crippen molar-refractivity contribution in [2.24, 2.45) is 0 Å².